The van der Waals surface area contributed by atoms with Crippen molar-refractivity contribution in [1.29, 1.82) is 0 Å². The summed E-state index contributed by atoms with van der Waals surface area (Å²) in [7, 11) is 0. The fourth-order valence-electron chi connectivity index (χ4n) is 2.70. The first kappa shape index (κ1) is 18.4. The maximum atomic E-state index is 12.8. The van der Waals surface area contributed by atoms with Gasteiger partial charge in [0.1, 0.15) is 16.3 Å². The first-order chi connectivity index (χ1) is 13.0. The lowest BCUT2D eigenvalue weighted by Crippen LogP contribution is -2.18. The van der Waals surface area contributed by atoms with Gasteiger partial charge in [0.05, 0.1) is 5.69 Å². The van der Waals surface area contributed by atoms with E-state index in [2.05, 4.69) is 25.6 Å². The summed E-state index contributed by atoms with van der Waals surface area (Å²) in [6, 6.07) is 10.9. The molecule has 3 aromatic rings. The third kappa shape index (κ3) is 4.05. The van der Waals surface area contributed by atoms with Crippen molar-refractivity contribution >= 4 is 44.7 Å². The molecule has 0 bridgehead atoms. The van der Waals surface area contributed by atoms with Crippen LogP contribution in [0.25, 0.3) is 20.7 Å². The number of pyridine rings is 1. The van der Waals surface area contributed by atoms with Crippen molar-refractivity contribution in [3.8, 4) is 0 Å². The maximum absolute atomic E-state index is 12.8. The molecule has 0 saturated heterocycles. The van der Waals surface area contributed by atoms with Gasteiger partial charge in [0, 0.05) is 21.7 Å². The number of nitrogens with one attached hydrogen (secondary N) is 2. The minimum absolute atomic E-state index is 0.337. The fraction of sp³-hybridized carbons (Fsp3) is 0.167. The van der Waals surface area contributed by atoms with Crippen LogP contribution in [-0.2, 0) is 4.79 Å². The van der Waals surface area contributed by atoms with Crippen LogP contribution in [0, 0.1) is 13.8 Å². The average Bonchev–Trinajstić information content (AvgIpc) is 2.99. The van der Waals surface area contributed by atoms with Gasteiger partial charge in [-0.2, -0.15) is 0 Å². The monoisotopic (exact) mass is 380 g/mol. The highest BCUT2D eigenvalue weighted by Crippen LogP contribution is 2.37. The molecule has 1 aromatic carbocycles. The van der Waals surface area contributed by atoms with Crippen LogP contribution >= 0.6 is 11.3 Å². The molecule has 0 fully saturated rings. The van der Waals surface area contributed by atoms with Crippen LogP contribution in [-0.4, -0.2) is 23.3 Å². The quantitative estimate of drug-likeness (QED) is 0.387. The lowest BCUT2D eigenvalue weighted by Gasteiger charge is -2.08. The average molecular weight is 380 g/mol. The molecule has 0 aliphatic rings. The zero-order valence-corrected chi connectivity index (χ0v) is 15.5. The van der Waals surface area contributed by atoms with Crippen molar-refractivity contribution < 1.29 is 9.59 Å². The number of nitrogens with zero attached hydrogens (tertiary/aromatic N) is 4. The minimum Gasteiger partial charge on any atom is -0.324 e. The molecule has 27 heavy (non-hydrogen) atoms. The minimum atomic E-state index is -0.499. The Morgan fingerprint density at radius 3 is 2.67 bits per heavy atom. The van der Waals surface area contributed by atoms with Crippen molar-refractivity contribution in [2.75, 3.05) is 17.2 Å². The van der Waals surface area contributed by atoms with E-state index in [1.54, 1.807) is 12.1 Å². The number of thiophene rings is 1. The molecule has 0 unspecified atom stereocenters. The van der Waals surface area contributed by atoms with Crippen LogP contribution in [0.4, 0.5) is 11.4 Å². The number of carbonyl (C=O) groups is 2. The lowest BCUT2D eigenvalue weighted by atomic mass is 10.1. The number of benzene rings is 1. The number of para-hydroxylation sites is 1. The molecule has 0 aliphatic heterocycles. The molecule has 2 heterocycles. The smallest absolute Gasteiger partial charge is 0.267 e. The van der Waals surface area contributed by atoms with Gasteiger partial charge in [-0.15, -0.1) is 11.3 Å². The second-order valence-corrected chi connectivity index (χ2v) is 6.82. The Hall–Kier alpha value is -3.42. The van der Waals surface area contributed by atoms with Crippen LogP contribution in [0.3, 0.4) is 0 Å². The van der Waals surface area contributed by atoms with Crippen LogP contribution < -0.4 is 10.6 Å². The molecular formula is C18H16N6O2S. The SMILES string of the molecule is Cc1cc(C)c2c(NC(=O)CN=[N+]=[N-])c(C(=O)Nc3ccccc3)sc2n1. The summed E-state index contributed by atoms with van der Waals surface area (Å²) in [5, 5.41) is 9.50. The molecule has 2 amide bonds. The molecular weight excluding hydrogens is 364 g/mol. The van der Waals surface area contributed by atoms with E-state index in [1.165, 1.54) is 11.3 Å². The zero-order chi connectivity index (χ0) is 19.4. The van der Waals surface area contributed by atoms with E-state index >= 15 is 0 Å². The third-order valence-corrected chi connectivity index (χ3v) is 4.85. The van der Waals surface area contributed by atoms with Gasteiger partial charge in [-0.05, 0) is 43.1 Å². The second-order valence-electron chi connectivity index (χ2n) is 5.82. The number of anilines is 2. The third-order valence-electron chi connectivity index (χ3n) is 3.77. The molecule has 3 rings (SSSR count). The zero-order valence-electron chi connectivity index (χ0n) is 14.7. The molecule has 0 saturated carbocycles. The van der Waals surface area contributed by atoms with E-state index in [4.69, 9.17) is 5.53 Å². The summed E-state index contributed by atoms with van der Waals surface area (Å²) in [4.78, 5) is 33.0. The Labute approximate surface area is 158 Å². The fourth-order valence-corrected chi connectivity index (χ4v) is 3.85. The number of carbonyl (C=O) groups excluding carboxylic acids is 2. The number of azide groups is 1. The van der Waals surface area contributed by atoms with E-state index in [0.29, 0.717) is 26.5 Å². The van der Waals surface area contributed by atoms with E-state index in [1.807, 2.05) is 38.1 Å². The largest absolute Gasteiger partial charge is 0.324 e. The molecule has 9 heteroatoms. The Balaban J connectivity index is 2.05. The molecule has 0 atom stereocenters. The van der Waals surface area contributed by atoms with Crippen molar-refractivity contribution in [2.45, 2.75) is 13.8 Å². The van der Waals surface area contributed by atoms with Gasteiger partial charge in [0.25, 0.3) is 5.91 Å². The van der Waals surface area contributed by atoms with Gasteiger partial charge in [-0.3, -0.25) is 9.59 Å². The molecule has 0 spiro atoms. The highest BCUT2D eigenvalue weighted by molar-refractivity contribution is 7.21. The summed E-state index contributed by atoms with van der Waals surface area (Å²) in [5.74, 6) is -0.846. The van der Waals surface area contributed by atoms with Gasteiger partial charge < -0.3 is 10.6 Å². The van der Waals surface area contributed by atoms with Crippen molar-refractivity contribution in [2.24, 2.45) is 5.11 Å². The van der Waals surface area contributed by atoms with E-state index in [-0.39, 0.29) is 12.5 Å². The summed E-state index contributed by atoms with van der Waals surface area (Å²) in [5.41, 5.74) is 11.1. The standard InChI is InChI=1S/C18H16N6O2S/c1-10-8-11(2)21-18-14(10)15(23-13(25)9-20-24-19)16(27-18)17(26)22-12-6-4-3-5-7-12/h3-8H,9H2,1-2H3,(H,22,26)(H,23,25). The Kier molecular flexibility index (Phi) is 5.35. The van der Waals surface area contributed by atoms with E-state index in [0.717, 1.165) is 11.3 Å². The Morgan fingerprint density at radius 1 is 1.22 bits per heavy atom. The van der Waals surface area contributed by atoms with Crippen LogP contribution in [0.15, 0.2) is 41.5 Å². The normalized spacial score (nSPS) is 10.3. The molecule has 0 aliphatic carbocycles. The Bertz CT molecular complexity index is 1070. The summed E-state index contributed by atoms with van der Waals surface area (Å²) < 4.78 is 0. The molecule has 136 valence electrons. The first-order valence-corrected chi connectivity index (χ1v) is 8.89. The number of amides is 2. The predicted octanol–water partition coefficient (Wildman–Crippen LogP) is 4.41. The topological polar surface area (TPSA) is 120 Å². The molecule has 2 aromatic heterocycles. The summed E-state index contributed by atoms with van der Waals surface area (Å²) in [6.45, 7) is 3.41. The molecule has 8 nitrogen and oxygen atoms in total. The number of rotatable bonds is 5. The second kappa shape index (κ2) is 7.86. The number of fused-ring (bicyclic) bond motifs is 1. The maximum Gasteiger partial charge on any atom is 0.267 e. The van der Waals surface area contributed by atoms with Crippen LogP contribution in [0.5, 0.6) is 0 Å². The predicted molar refractivity (Wildman–Crippen MR) is 106 cm³/mol. The number of aromatic nitrogens is 1. The number of hydrogen-bond donors (Lipinski definition) is 2. The van der Waals surface area contributed by atoms with Gasteiger partial charge in [0.2, 0.25) is 5.91 Å². The van der Waals surface area contributed by atoms with Crippen molar-refractivity contribution in [1.82, 2.24) is 4.98 Å². The number of aryl methyl sites for hydroxylation is 2. The molecule has 0 radical (unpaired) electrons. The highest BCUT2D eigenvalue weighted by Gasteiger charge is 2.22. The van der Waals surface area contributed by atoms with Gasteiger partial charge >= 0.3 is 0 Å². The van der Waals surface area contributed by atoms with Gasteiger partial charge in [-0.1, -0.05) is 23.3 Å². The summed E-state index contributed by atoms with van der Waals surface area (Å²) >= 11 is 1.20. The first-order valence-electron chi connectivity index (χ1n) is 8.07. The van der Waals surface area contributed by atoms with Crippen molar-refractivity contribution in [3.05, 3.63) is 63.0 Å². The van der Waals surface area contributed by atoms with Gasteiger partial charge in [0.15, 0.2) is 0 Å². The summed E-state index contributed by atoms with van der Waals surface area (Å²) in [6.07, 6.45) is 0. The lowest BCUT2D eigenvalue weighted by molar-refractivity contribution is -0.114. The van der Waals surface area contributed by atoms with Crippen molar-refractivity contribution in [3.63, 3.8) is 0 Å². The molecule has 2 N–H and O–H groups in total. The highest BCUT2D eigenvalue weighted by atomic mass is 32.1. The van der Waals surface area contributed by atoms with E-state index < -0.39 is 5.91 Å². The van der Waals surface area contributed by atoms with Gasteiger partial charge in [-0.25, -0.2) is 4.98 Å². The van der Waals surface area contributed by atoms with E-state index in [9.17, 15) is 9.59 Å². The Morgan fingerprint density at radius 2 is 1.96 bits per heavy atom. The van der Waals surface area contributed by atoms with Crippen LogP contribution in [0.2, 0.25) is 0 Å². The van der Waals surface area contributed by atoms with Crippen LogP contribution in [0.1, 0.15) is 20.9 Å². The number of hydrogen-bond acceptors (Lipinski definition) is 5.